The highest BCUT2D eigenvalue weighted by molar-refractivity contribution is 6.77. The van der Waals surface area contributed by atoms with Crippen LogP contribution < -0.4 is 0 Å². The molecular formula is C12H28O2Si. The molecule has 0 aromatic rings. The van der Waals surface area contributed by atoms with Gasteiger partial charge in [0.25, 0.3) is 0 Å². The summed E-state index contributed by atoms with van der Waals surface area (Å²) in [6.07, 6.45) is -0.354. The van der Waals surface area contributed by atoms with Gasteiger partial charge in [-0.1, -0.05) is 41.5 Å². The van der Waals surface area contributed by atoms with Crippen molar-refractivity contribution < 1.29 is 9.53 Å². The lowest BCUT2D eigenvalue weighted by atomic mass is 10.5. The maximum Gasteiger partial charge on any atom is 0.200 e. The highest BCUT2D eigenvalue weighted by Gasteiger charge is 2.45. The molecule has 0 amide bonds. The molecule has 0 saturated heterocycles. The Balaban J connectivity index is 4.80. The normalized spacial score (nSPS) is 15.4. The van der Waals surface area contributed by atoms with Gasteiger partial charge in [0, 0.05) is 0 Å². The van der Waals surface area contributed by atoms with Crippen LogP contribution in [-0.4, -0.2) is 26.1 Å². The molecule has 15 heavy (non-hydrogen) atoms. The number of aliphatic hydroxyl groups is 1. The van der Waals surface area contributed by atoms with Gasteiger partial charge in [0.1, 0.15) is 0 Å². The van der Waals surface area contributed by atoms with Gasteiger partial charge in [-0.3, -0.25) is 0 Å². The third-order valence-electron chi connectivity index (χ3n) is 3.28. The average Bonchev–Trinajstić information content (AvgIpc) is 2.02. The van der Waals surface area contributed by atoms with Gasteiger partial charge in [0.2, 0.25) is 0 Å². The van der Waals surface area contributed by atoms with Crippen molar-refractivity contribution in [2.24, 2.45) is 0 Å². The van der Waals surface area contributed by atoms with E-state index in [4.69, 9.17) is 4.43 Å². The summed E-state index contributed by atoms with van der Waals surface area (Å²) in [6, 6.07) is 0. The molecular weight excluding hydrogens is 204 g/mol. The van der Waals surface area contributed by atoms with Crippen LogP contribution in [0.4, 0.5) is 0 Å². The van der Waals surface area contributed by atoms with Crippen LogP contribution in [0.15, 0.2) is 0 Å². The first-order valence-corrected chi connectivity index (χ1v) is 8.21. The minimum absolute atomic E-state index is 0.354. The van der Waals surface area contributed by atoms with Crippen molar-refractivity contribution in [3.63, 3.8) is 0 Å². The van der Waals surface area contributed by atoms with E-state index in [2.05, 4.69) is 41.5 Å². The standard InChI is InChI=1S/C12H28O2Si/c1-9(2)15(10(3)4,11(5)6)14-8-12(7)13/h9-13H,8H2,1-7H3/t12-/m0/s1. The first-order valence-electron chi connectivity index (χ1n) is 6.07. The smallest absolute Gasteiger partial charge is 0.200 e. The Morgan fingerprint density at radius 1 is 0.867 bits per heavy atom. The maximum absolute atomic E-state index is 9.36. The van der Waals surface area contributed by atoms with Gasteiger partial charge in [-0.25, -0.2) is 0 Å². The first kappa shape index (κ1) is 15.1. The molecule has 3 heteroatoms. The Morgan fingerprint density at radius 2 is 1.20 bits per heavy atom. The number of aliphatic hydroxyl groups excluding tert-OH is 1. The van der Waals surface area contributed by atoms with E-state index in [1.165, 1.54) is 0 Å². The van der Waals surface area contributed by atoms with Crippen LogP contribution in [0.1, 0.15) is 48.5 Å². The van der Waals surface area contributed by atoms with Crippen LogP contribution in [0.3, 0.4) is 0 Å². The zero-order valence-electron chi connectivity index (χ0n) is 11.4. The fraction of sp³-hybridized carbons (Fsp3) is 1.00. The molecule has 0 spiro atoms. The predicted octanol–water partition coefficient (Wildman–Crippen LogP) is 3.56. The molecule has 92 valence electrons. The topological polar surface area (TPSA) is 29.5 Å². The van der Waals surface area contributed by atoms with Gasteiger partial charge in [-0.2, -0.15) is 0 Å². The van der Waals surface area contributed by atoms with Crippen molar-refractivity contribution in [3.05, 3.63) is 0 Å². The molecule has 2 nitrogen and oxygen atoms in total. The molecule has 0 radical (unpaired) electrons. The van der Waals surface area contributed by atoms with Crippen molar-refractivity contribution in [3.8, 4) is 0 Å². The van der Waals surface area contributed by atoms with E-state index in [1.54, 1.807) is 6.92 Å². The van der Waals surface area contributed by atoms with E-state index in [0.717, 1.165) is 0 Å². The average molecular weight is 232 g/mol. The molecule has 0 aliphatic heterocycles. The second kappa shape index (κ2) is 6.02. The largest absolute Gasteiger partial charge is 0.413 e. The molecule has 0 aliphatic carbocycles. The monoisotopic (exact) mass is 232 g/mol. The van der Waals surface area contributed by atoms with E-state index in [-0.39, 0.29) is 6.10 Å². The highest BCUT2D eigenvalue weighted by Crippen LogP contribution is 2.42. The Bertz CT molecular complexity index is 155. The highest BCUT2D eigenvalue weighted by atomic mass is 28.4. The zero-order chi connectivity index (χ0) is 12.2. The van der Waals surface area contributed by atoms with Crippen LogP contribution in [0.2, 0.25) is 16.6 Å². The second-order valence-corrected chi connectivity index (χ2v) is 10.9. The summed E-state index contributed by atoms with van der Waals surface area (Å²) in [5, 5.41) is 9.36. The molecule has 0 aliphatic rings. The summed E-state index contributed by atoms with van der Waals surface area (Å²) in [7, 11) is -1.75. The van der Waals surface area contributed by atoms with E-state index in [1.807, 2.05) is 0 Å². The van der Waals surface area contributed by atoms with Crippen molar-refractivity contribution >= 4 is 8.32 Å². The van der Waals surface area contributed by atoms with Gasteiger partial charge in [-0.15, -0.1) is 0 Å². The summed E-state index contributed by atoms with van der Waals surface area (Å²) in [5.74, 6) is 0. The quantitative estimate of drug-likeness (QED) is 0.710. The molecule has 0 aromatic carbocycles. The summed E-state index contributed by atoms with van der Waals surface area (Å²) < 4.78 is 6.16. The minimum Gasteiger partial charge on any atom is -0.413 e. The first-order chi connectivity index (χ1) is 6.75. The van der Waals surface area contributed by atoms with E-state index < -0.39 is 8.32 Å². The number of hydrogen-bond acceptors (Lipinski definition) is 2. The third-order valence-corrected chi connectivity index (χ3v) is 9.36. The van der Waals surface area contributed by atoms with E-state index in [9.17, 15) is 5.11 Å². The Morgan fingerprint density at radius 3 is 1.40 bits per heavy atom. The van der Waals surface area contributed by atoms with Crippen LogP contribution >= 0.6 is 0 Å². The zero-order valence-corrected chi connectivity index (χ0v) is 12.4. The predicted molar refractivity (Wildman–Crippen MR) is 68.7 cm³/mol. The van der Waals surface area contributed by atoms with Crippen molar-refractivity contribution in [2.45, 2.75) is 71.2 Å². The summed E-state index contributed by atoms with van der Waals surface area (Å²) in [6.45, 7) is 15.8. The fourth-order valence-corrected chi connectivity index (χ4v) is 8.29. The van der Waals surface area contributed by atoms with Gasteiger partial charge < -0.3 is 9.53 Å². The molecule has 0 heterocycles. The molecule has 0 fully saturated rings. The minimum atomic E-state index is -1.75. The van der Waals surface area contributed by atoms with E-state index >= 15 is 0 Å². The van der Waals surface area contributed by atoms with Crippen molar-refractivity contribution in [1.82, 2.24) is 0 Å². The lowest BCUT2D eigenvalue weighted by Gasteiger charge is -2.42. The summed E-state index contributed by atoms with van der Waals surface area (Å²) in [5.41, 5.74) is 1.78. The van der Waals surface area contributed by atoms with Crippen LogP contribution in [0, 0.1) is 0 Å². The molecule has 1 atom stereocenters. The maximum atomic E-state index is 9.36. The van der Waals surface area contributed by atoms with E-state index in [0.29, 0.717) is 23.2 Å². The molecule has 0 bridgehead atoms. The molecule has 0 rings (SSSR count). The lowest BCUT2D eigenvalue weighted by molar-refractivity contribution is 0.112. The SMILES string of the molecule is CC(C)[Si](OC[C@H](C)O)(C(C)C)C(C)C. The molecule has 0 saturated carbocycles. The van der Waals surface area contributed by atoms with Gasteiger partial charge in [0.05, 0.1) is 12.7 Å². The van der Waals surface area contributed by atoms with Crippen molar-refractivity contribution in [2.75, 3.05) is 6.61 Å². The number of hydrogen-bond donors (Lipinski definition) is 1. The molecule has 0 aromatic heterocycles. The van der Waals surface area contributed by atoms with Gasteiger partial charge in [0.15, 0.2) is 8.32 Å². The Labute approximate surface area is 96.2 Å². The van der Waals surface area contributed by atoms with Crippen molar-refractivity contribution in [1.29, 1.82) is 0 Å². The molecule has 1 N–H and O–H groups in total. The fourth-order valence-electron chi connectivity index (χ4n) is 2.76. The Hall–Kier alpha value is 0.137. The van der Waals surface area contributed by atoms with Crippen LogP contribution in [0.25, 0.3) is 0 Å². The van der Waals surface area contributed by atoms with Gasteiger partial charge >= 0.3 is 0 Å². The summed E-state index contributed by atoms with van der Waals surface area (Å²) >= 11 is 0. The molecule has 0 unspecified atom stereocenters. The summed E-state index contributed by atoms with van der Waals surface area (Å²) in [4.78, 5) is 0. The lowest BCUT2D eigenvalue weighted by Crippen LogP contribution is -2.48. The third kappa shape index (κ3) is 3.57. The Kier molecular flexibility index (Phi) is 6.07. The van der Waals surface area contributed by atoms with Crippen LogP contribution in [0.5, 0.6) is 0 Å². The number of rotatable bonds is 6. The van der Waals surface area contributed by atoms with Gasteiger partial charge in [-0.05, 0) is 23.5 Å². The van der Waals surface area contributed by atoms with Crippen LogP contribution in [-0.2, 0) is 4.43 Å². The second-order valence-electron chi connectivity index (χ2n) is 5.48.